The molecule has 0 saturated carbocycles. The topological polar surface area (TPSA) is 48.9 Å². The average Bonchev–Trinajstić information content (AvgIpc) is 2.96. The first kappa shape index (κ1) is 16.6. The van der Waals surface area contributed by atoms with E-state index in [1.54, 1.807) is 7.11 Å². The van der Waals surface area contributed by atoms with E-state index in [2.05, 4.69) is 33.6 Å². The zero-order chi connectivity index (χ0) is 15.8. The molecule has 5 heteroatoms. The van der Waals surface area contributed by atoms with Gasteiger partial charge in [0.2, 0.25) is 0 Å². The Morgan fingerprint density at radius 3 is 2.86 bits per heavy atom. The molecule has 122 valence electrons. The van der Waals surface area contributed by atoms with Crippen LogP contribution in [0, 0.1) is 0 Å². The monoisotopic (exact) mass is 304 g/mol. The standard InChI is InChI=1S/C17H28N4O/c1-18-17(20-13-15-8-6-12-21(15)2)19-11-10-14-7-4-5-9-16(14)22-3/h4-5,7,9,15H,6,8,10-13H2,1-3H3,(H2,18,19,20). The van der Waals surface area contributed by atoms with E-state index in [0.29, 0.717) is 6.04 Å². The number of nitrogens with zero attached hydrogens (tertiary/aromatic N) is 2. The highest BCUT2D eigenvalue weighted by molar-refractivity contribution is 5.79. The second kappa shape index (κ2) is 8.63. The first-order valence-corrected chi connectivity index (χ1v) is 8.01. The van der Waals surface area contributed by atoms with E-state index in [1.165, 1.54) is 24.9 Å². The Kier molecular flexibility index (Phi) is 6.52. The molecule has 1 heterocycles. The van der Waals surface area contributed by atoms with Gasteiger partial charge >= 0.3 is 0 Å². The minimum Gasteiger partial charge on any atom is -0.496 e. The van der Waals surface area contributed by atoms with Gasteiger partial charge < -0.3 is 20.3 Å². The Hall–Kier alpha value is -1.75. The van der Waals surface area contributed by atoms with Crippen molar-refractivity contribution in [1.82, 2.24) is 15.5 Å². The minimum absolute atomic E-state index is 0.618. The van der Waals surface area contributed by atoms with Crippen LogP contribution in [0.2, 0.25) is 0 Å². The smallest absolute Gasteiger partial charge is 0.191 e. The molecule has 1 atom stereocenters. The largest absolute Gasteiger partial charge is 0.496 e. The maximum Gasteiger partial charge on any atom is 0.191 e. The van der Waals surface area contributed by atoms with Gasteiger partial charge in [0, 0.05) is 26.2 Å². The van der Waals surface area contributed by atoms with Crippen molar-refractivity contribution in [3.8, 4) is 5.75 Å². The molecule has 1 fully saturated rings. The summed E-state index contributed by atoms with van der Waals surface area (Å²) in [4.78, 5) is 6.70. The number of methoxy groups -OCH3 is 1. The van der Waals surface area contributed by atoms with Gasteiger partial charge in [-0.25, -0.2) is 0 Å². The van der Waals surface area contributed by atoms with E-state index in [9.17, 15) is 0 Å². The lowest BCUT2D eigenvalue weighted by Gasteiger charge is -2.21. The number of likely N-dealkylation sites (tertiary alicyclic amines) is 1. The number of guanidine groups is 1. The van der Waals surface area contributed by atoms with E-state index in [0.717, 1.165) is 31.2 Å². The Bertz CT molecular complexity index is 489. The third-order valence-corrected chi connectivity index (χ3v) is 4.28. The van der Waals surface area contributed by atoms with E-state index >= 15 is 0 Å². The molecular weight excluding hydrogens is 276 g/mol. The van der Waals surface area contributed by atoms with Crippen molar-refractivity contribution < 1.29 is 4.74 Å². The van der Waals surface area contributed by atoms with Crippen LogP contribution in [0.4, 0.5) is 0 Å². The van der Waals surface area contributed by atoms with Gasteiger partial charge in [0.25, 0.3) is 0 Å². The Morgan fingerprint density at radius 2 is 2.18 bits per heavy atom. The summed E-state index contributed by atoms with van der Waals surface area (Å²) in [6, 6.07) is 8.75. The molecule has 0 amide bonds. The SMILES string of the molecule is CN=C(NCCc1ccccc1OC)NCC1CCCN1C. The Labute approximate surface area is 133 Å². The minimum atomic E-state index is 0.618. The van der Waals surface area contributed by atoms with E-state index in [-0.39, 0.29) is 0 Å². The predicted octanol–water partition coefficient (Wildman–Crippen LogP) is 1.50. The number of para-hydroxylation sites is 1. The molecule has 1 unspecified atom stereocenters. The highest BCUT2D eigenvalue weighted by Crippen LogP contribution is 2.17. The van der Waals surface area contributed by atoms with Crippen LogP contribution in [-0.4, -0.2) is 57.7 Å². The lowest BCUT2D eigenvalue weighted by Crippen LogP contribution is -2.44. The number of aliphatic imine (C=N–C) groups is 1. The van der Waals surface area contributed by atoms with E-state index in [1.807, 2.05) is 25.2 Å². The van der Waals surface area contributed by atoms with Gasteiger partial charge in [-0.15, -0.1) is 0 Å². The van der Waals surface area contributed by atoms with E-state index in [4.69, 9.17) is 4.74 Å². The maximum absolute atomic E-state index is 5.38. The summed E-state index contributed by atoms with van der Waals surface area (Å²) >= 11 is 0. The van der Waals surface area contributed by atoms with Gasteiger partial charge in [0.15, 0.2) is 5.96 Å². The van der Waals surface area contributed by atoms with Gasteiger partial charge in [-0.2, -0.15) is 0 Å². The van der Waals surface area contributed by atoms with Gasteiger partial charge in [-0.05, 0) is 44.5 Å². The number of nitrogens with one attached hydrogen (secondary N) is 2. The highest BCUT2D eigenvalue weighted by Gasteiger charge is 2.20. The van der Waals surface area contributed by atoms with Crippen molar-refractivity contribution in [3.05, 3.63) is 29.8 Å². The van der Waals surface area contributed by atoms with Crippen LogP contribution in [0.1, 0.15) is 18.4 Å². The van der Waals surface area contributed by atoms with Gasteiger partial charge in [-0.1, -0.05) is 18.2 Å². The van der Waals surface area contributed by atoms with Crippen LogP contribution in [-0.2, 0) is 6.42 Å². The highest BCUT2D eigenvalue weighted by atomic mass is 16.5. The van der Waals surface area contributed by atoms with E-state index < -0.39 is 0 Å². The number of likely N-dealkylation sites (N-methyl/N-ethyl adjacent to an activating group) is 1. The van der Waals surface area contributed by atoms with Crippen LogP contribution in [0.3, 0.4) is 0 Å². The Balaban J connectivity index is 1.74. The van der Waals surface area contributed by atoms with Crippen molar-refractivity contribution in [2.75, 3.05) is 40.8 Å². The molecule has 1 aliphatic rings. The number of hydrogen-bond donors (Lipinski definition) is 2. The molecule has 0 radical (unpaired) electrons. The third-order valence-electron chi connectivity index (χ3n) is 4.28. The molecule has 22 heavy (non-hydrogen) atoms. The summed E-state index contributed by atoms with van der Waals surface area (Å²) in [5, 5.41) is 6.80. The van der Waals surface area contributed by atoms with Crippen molar-refractivity contribution in [1.29, 1.82) is 0 Å². The van der Waals surface area contributed by atoms with Crippen molar-refractivity contribution in [3.63, 3.8) is 0 Å². The van der Waals surface area contributed by atoms with Crippen LogP contribution in [0.15, 0.2) is 29.3 Å². The lowest BCUT2D eigenvalue weighted by atomic mass is 10.1. The predicted molar refractivity (Wildman–Crippen MR) is 91.7 cm³/mol. The van der Waals surface area contributed by atoms with Crippen LogP contribution in [0.25, 0.3) is 0 Å². The van der Waals surface area contributed by atoms with Gasteiger partial charge in [-0.3, -0.25) is 4.99 Å². The fourth-order valence-electron chi connectivity index (χ4n) is 2.90. The second-order valence-corrected chi connectivity index (χ2v) is 5.72. The molecule has 0 spiro atoms. The molecule has 1 aliphatic heterocycles. The van der Waals surface area contributed by atoms with Crippen molar-refractivity contribution >= 4 is 5.96 Å². The molecule has 0 aromatic heterocycles. The number of ether oxygens (including phenoxy) is 1. The average molecular weight is 304 g/mol. The third kappa shape index (κ3) is 4.63. The maximum atomic E-state index is 5.38. The summed E-state index contributed by atoms with van der Waals surface area (Å²) in [6.45, 7) is 2.98. The normalized spacial score (nSPS) is 19.2. The van der Waals surface area contributed by atoms with Crippen LogP contribution < -0.4 is 15.4 Å². The quantitative estimate of drug-likeness (QED) is 0.618. The summed E-state index contributed by atoms with van der Waals surface area (Å²) < 4.78 is 5.38. The molecule has 0 aliphatic carbocycles. The molecule has 1 aromatic carbocycles. The fourth-order valence-corrected chi connectivity index (χ4v) is 2.90. The fraction of sp³-hybridized carbons (Fsp3) is 0.588. The second-order valence-electron chi connectivity index (χ2n) is 5.72. The van der Waals surface area contributed by atoms with Crippen molar-refractivity contribution in [2.24, 2.45) is 4.99 Å². The zero-order valence-electron chi connectivity index (χ0n) is 13.9. The molecular formula is C17H28N4O. The number of rotatable bonds is 6. The van der Waals surface area contributed by atoms with Crippen LogP contribution >= 0.6 is 0 Å². The van der Waals surface area contributed by atoms with Crippen LogP contribution in [0.5, 0.6) is 5.75 Å². The number of benzene rings is 1. The molecule has 1 saturated heterocycles. The first-order chi connectivity index (χ1) is 10.7. The molecule has 2 rings (SSSR count). The summed E-state index contributed by atoms with van der Waals surface area (Å²) in [5.74, 6) is 1.81. The van der Waals surface area contributed by atoms with Gasteiger partial charge in [0.1, 0.15) is 5.75 Å². The number of hydrogen-bond acceptors (Lipinski definition) is 3. The zero-order valence-corrected chi connectivity index (χ0v) is 13.9. The molecule has 0 bridgehead atoms. The van der Waals surface area contributed by atoms with Crippen molar-refractivity contribution in [2.45, 2.75) is 25.3 Å². The summed E-state index contributed by atoms with van der Waals surface area (Å²) in [6.07, 6.45) is 3.47. The molecule has 1 aromatic rings. The lowest BCUT2D eigenvalue weighted by molar-refractivity contribution is 0.309. The van der Waals surface area contributed by atoms with Gasteiger partial charge in [0.05, 0.1) is 7.11 Å². The summed E-state index contributed by atoms with van der Waals surface area (Å²) in [5.41, 5.74) is 1.21. The molecule has 2 N–H and O–H groups in total. The first-order valence-electron chi connectivity index (χ1n) is 8.01. The summed E-state index contributed by atoms with van der Waals surface area (Å²) in [7, 11) is 5.72. The molecule has 5 nitrogen and oxygen atoms in total. The Morgan fingerprint density at radius 1 is 1.36 bits per heavy atom.